The molecular formula is C15H15ClN2O3. The lowest BCUT2D eigenvalue weighted by molar-refractivity contribution is 0.0697. The van der Waals surface area contributed by atoms with E-state index in [1.165, 1.54) is 12.1 Å². The van der Waals surface area contributed by atoms with E-state index in [1.807, 2.05) is 31.2 Å². The van der Waals surface area contributed by atoms with E-state index in [9.17, 15) is 4.79 Å². The lowest BCUT2D eigenvalue weighted by atomic mass is 10.2. The number of rotatable bonds is 6. The number of carboxylic acid groups (broad SMARTS) is 1. The minimum absolute atomic E-state index is 0.0787. The molecule has 1 aromatic carbocycles. The summed E-state index contributed by atoms with van der Waals surface area (Å²) in [5.74, 6) is -0.0431. The normalized spacial score (nSPS) is 10.2. The molecular weight excluding hydrogens is 292 g/mol. The van der Waals surface area contributed by atoms with Gasteiger partial charge in [-0.05, 0) is 36.8 Å². The van der Waals surface area contributed by atoms with Crippen molar-refractivity contribution in [3.8, 4) is 5.75 Å². The van der Waals surface area contributed by atoms with E-state index in [2.05, 4.69) is 10.3 Å². The fourth-order valence-electron chi connectivity index (χ4n) is 1.79. The second-order valence-electron chi connectivity index (χ2n) is 4.43. The summed E-state index contributed by atoms with van der Waals surface area (Å²) in [7, 11) is 0. The van der Waals surface area contributed by atoms with Gasteiger partial charge in [-0.1, -0.05) is 23.7 Å². The number of anilines is 1. The Labute approximate surface area is 127 Å². The summed E-state index contributed by atoms with van der Waals surface area (Å²) in [6.45, 7) is 2.79. The highest BCUT2D eigenvalue weighted by Gasteiger charge is 2.11. The van der Waals surface area contributed by atoms with E-state index in [0.717, 1.165) is 11.3 Å². The van der Waals surface area contributed by atoms with Crippen molar-refractivity contribution in [2.45, 2.75) is 6.92 Å². The summed E-state index contributed by atoms with van der Waals surface area (Å²) in [6.07, 6.45) is 0. The van der Waals surface area contributed by atoms with Crippen LogP contribution in [0.5, 0.6) is 5.75 Å². The van der Waals surface area contributed by atoms with Gasteiger partial charge in [0.2, 0.25) is 0 Å². The van der Waals surface area contributed by atoms with Crippen LogP contribution in [-0.2, 0) is 0 Å². The van der Waals surface area contributed by atoms with Crippen LogP contribution in [0.15, 0.2) is 36.4 Å². The molecule has 1 heterocycles. The van der Waals surface area contributed by atoms with Crippen molar-refractivity contribution in [2.24, 2.45) is 0 Å². The maximum Gasteiger partial charge on any atom is 0.339 e. The predicted octanol–water partition coefficient (Wildman–Crippen LogP) is 3.23. The highest BCUT2D eigenvalue weighted by Crippen LogP contribution is 2.16. The highest BCUT2D eigenvalue weighted by atomic mass is 35.5. The number of halogens is 1. The van der Waals surface area contributed by atoms with E-state index in [4.69, 9.17) is 21.4 Å². The SMILES string of the molecule is Cc1cccc(OCCNc2nc(Cl)ccc2C(=O)O)c1. The van der Waals surface area contributed by atoms with Gasteiger partial charge in [-0.3, -0.25) is 0 Å². The van der Waals surface area contributed by atoms with Crippen molar-refractivity contribution < 1.29 is 14.6 Å². The molecule has 0 fully saturated rings. The van der Waals surface area contributed by atoms with Gasteiger partial charge in [0.1, 0.15) is 28.9 Å². The zero-order valence-electron chi connectivity index (χ0n) is 11.5. The lowest BCUT2D eigenvalue weighted by Gasteiger charge is -2.10. The Kier molecular flexibility index (Phi) is 5.00. The lowest BCUT2D eigenvalue weighted by Crippen LogP contribution is -2.15. The van der Waals surface area contributed by atoms with Crippen molar-refractivity contribution >= 4 is 23.4 Å². The highest BCUT2D eigenvalue weighted by molar-refractivity contribution is 6.29. The van der Waals surface area contributed by atoms with Gasteiger partial charge in [0.15, 0.2) is 0 Å². The quantitative estimate of drug-likeness (QED) is 0.633. The molecule has 0 spiro atoms. The molecule has 2 rings (SSSR count). The number of nitrogens with zero attached hydrogens (tertiary/aromatic N) is 1. The van der Waals surface area contributed by atoms with Gasteiger partial charge in [0, 0.05) is 0 Å². The van der Waals surface area contributed by atoms with Crippen LogP contribution in [0.3, 0.4) is 0 Å². The Morgan fingerprint density at radius 2 is 2.19 bits per heavy atom. The number of carboxylic acids is 1. The number of aromatic nitrogens is 1. The van der Waals surface area contributed by atoms with Gasteiger partial charge in [0.05, 0.1) is 6.54 Å². The summed E-state index contributed by atoms with van der Waals surface area (Å²) in [4.78, 5) is 15.0. The monoisotopic (exact) mass is 306 g/mol. The number of pyridine rings is 1. The molecule has 0 aliphatic carbocycles. The van der Waals surface area contributed by atoms with Crippen LogP contribution in [0.2, 0.25) is 5.15 Å². The van der Waals surface area contributed by atoms with Crippen molar-refractivity contribution in [1.29, 1.82) is 0 Å². The number of aromatic carboxylic acids is 1. The van der Waals surface area contributed by atoms with Crippen LogP contribution in [0, 0.1) is 6.92 Å². The smallest absolute Gasteiger partial charge is 0.339 e. The molecule has 0 aliphatic rings. The Balaban J connectivity index is 1.91. The zero-order chi connectivity index (χ0) is 15.2. The molecule has 0 saturated heterocycles. The molecule has 2 N–H and O–H groups in total. The van der Waals surface area contributed by atoms with Gasteiger partial charge in [-0.15, -0.1) is 0 Å². The third-order valence-electron chi connectivity index (χ3n) is 2.74. The number of aryl methyl sites for hydroxylation is 1. The number of hydrogen-bond donors (Lipinski definition) is 2. The molecule has 0 bridgehead atoms. The minimum atomic E-state index is -1.05. The Bertz CT molecular complexity index is 647. The molecule has 0 unspecified atom stereocenters. The van der Waals surface area contributed by atoms with Crippen LogP contribution in [0.25, 0.3) is 0 Å². The largest absolute Gasteiger partial charge is 0.492 e. The first-order valence-electron chi connectivity index (χ1n) is 6.39. The van der Waals surface area contributed by atoms with Gasteiger partial charge in [0.25, 0.3) is 0 Å². The predicted molar refractivity (Wildman–Crippen MR) is 81.4 cm³/mol. The number of hydrogen-bond acceptors (Lipinski definition) is 4. The summed E-state index contributed by atoms with van der Waals surface area (Å²) >= 11 is 5.77. The Morgan fingerprint density at radius 1 is 1.38 bits per heavy atom. The summed E-state index contributed by atoms with van der Waals surface area (Å²) in [5, 5.41) is 12.2. The van der Waals surface area contributed by atoms with E-state index in [-0.39, 0.29) is 16.5 Å². The van der Waals surface area contributed by atoms with Crippen LogP contribution < -0.4 is 10.1 Å². The molecule has 21 heavy (non-hydrogen) atoms. The minimum Gasteiger partial charge on any atom is -0.492 e. The fraction of sp³-hybridized carbons (Fsp3) is 0.200. The molecule has 6 heteroatoms. The Morgan fingerprint density at radius 3 is 2.90 bits per heavy atom. The van der Waals surface area contributed by atoms with Gasteiger partial charge < -0.3 is 15.2 Å². The van der Waals surface area contributed by atoms with E-state index in [0.29, 0.717) is 13.2 Å². The van der Waals surface area contributed by atoms with Crippen molar-refractivity contribution in [1.82, 2.24) is 4.98 Å². The fourth-order valence-corrected chi connectivity index (χ4v) is 1.93. The second kappa shape index (κ2) is 6.95. The van der Waals surface area contributed by atoms with Crippen LogP contribution in [-0.4, -0.2) is 29.2 Å². The molecule has 5 nitrogen and oxygen atoms in total. The van der Waals surface area contributed by atoms with Crippen LogP contribution in [0.4, 0.5) is 5.82 Å². The van der Waals surface area contributed by atoms with E-state index < -0.39 is 5.97 Å². The molecule has 0 radical (unpaired) electrons. The first-order valence-corrected chi connectivity index (χ1v) is 6.77. The first kappa shape index (κ1) is 15.1. The third kappa shape index (κ3) is 4.36. The number of ether oxygens (including phenoxy) is 1. The number of carbonyl (C=O) groups is 1. The average molecular weight is 307 g/mol. The third-order valence-corrected chi connectivity index (χ3v) is 2.95. The second-order valence-corrected chi connectivity index (χ2v) is 4.81. The maximum absolute atomic E-state index is 11.1. The van der Waals surface area contributed by atoms with Gasteiger partial charge in [-0.2, -0.15) is 0 Å². The van der Waals surface area contributed by atoms with Crippen molar-refractivity contribution in [3.05, 3.63) is 52.7 Å². The maximum atomic E-state index is 11.1. The number of benzene rings is 1. The van der Waals surface area contributed by atoms with E-state index in [1.54, 1.807) is 0 Å². The molecule has 2 aromatic rings. The van der Waals surface area contributed by atoms with Crippen LogP contribution in [0.1, 0.15) is 15.9 Å². The number of nitrogens with one attached hydrogen (secondary N) is 1. The molecule has 0 saturated carbocycles. The summed E-state index contributed by atoms with van der Waals surface area (Å²) in [6, 6.07) is 10.6. The average Bonchev–Trinajstić information content (AvgIpc) is 2.43. The summed E-state index contributed by atoms with van der Waals surface area (Å²) in [5.41, 5.74) is 1.19. The topological polar surface area (TPSA) is 71.5 Å². The molecule has 0 aliphatic heterocycles. The molecule has 110 valence electrons. The molecule has 0 amide bonds. The van der Waals surface area contributed by atoms with Gasteiger partial charge in [-0.25, -0.2) is 9.78 Å². The van der Waals surface area contributed by atoms with Gasteiger partial charge >= 0.3 is 5.97 Å². The van der Waals surface area contributed by atoms with Crippen molar-refractivity contribution in [3.63, 3.8) is 0 Å². The van der Waals surface area contributed by atoms with E-state index >= 15 is 0 Å². The first-order chi connectivity index (χ1) is 10.1. The molecule has 1 aromatic heterocycles. The van der Waals surface area contributed by atoms with Crippen LogP contribution >= 0.6 is 11.6 Å². The summed E-state index contributed by atoms with van der Waals surface area (Å²) < 4.78 is 5.57. The standard InChI is InChI=1S/C15H15ClN2O3/c1-10-3-2-4-11(9-10)21-8-7-17-14-12(15(19)20)5-6-13(16)18-14/h2-6,9H,7-8H2,1H3,(H,17,18)(H,19,20). The van der Waals surface area contributed by atoms with Crippen molar-refractivity contribution in [2.75, 3.05) is 18.5 Å². The molecule has 0 atom stereocenters. The zero-order valence-corrected chi connectivity index (χ0v) is 12.2. The Hall–Kier alpha value is -2.27.